The van der Waals surface area contributed by atoms with Gasteiger partial charge < -0.3 is 15.5 Å². The fourth-order valence-electron chi connectivity index (χ4n) is 1.66. The number of rotatable bonds is 8. The number of likely N-dealkylation sites (N-methyl/N-ethyl adjacent to an activating group) is 1. The molecule has 7 nitrogen and oxygen atoms in total. The summed E-state index contributed by atoms with van der Waals surface area (Å²) in [5.41, 5.74) is 0.701. The Morgan fingerprint density at radius 1 is 1.21 bits per heavy atom. The Morgan fingerprint density at radius 3 is 2.67 bits per heavy atom. The third kappa shape index (κ3) is 6.26. The Morgan fingerprint density at radius 2 is 1.96 bits per heavy atom. The van der Waals surface area contributed by atoms with E-state index < -0.39 is 0 Å². The van der Waals surface area contributed by atoms with Crippen LogP contribution in [0.4, 0.5) is 5.69 Å². The molecule has 0 bridgehead atoms. The first-order valence-corrected chi connectivity index (χ1v) is 9.09. The highest BCUT2D eigenvalue weighted by atomic mass is 32.2. The second-order valence-electron chi connectivity index (χ2n) is 5.14. The number of para-hydroxylation sites is 1. The first kappa shape index (κ1) is 18.4. The number of carbonyl (C=O) groups is 2. The normalized spacial score (nSPS) is 10.6. The van der Waals surface area contributed by atoms with Gasteiger partial charge in [0.25, 0.3) is 5.91 Å². The molecule has 2 aromatic rings. The van der Waals surface area contributed by atoms with Crippen molar-refractivity contribution in [1.82, 2.24) is 20.4 Å². The van der Waals surface area contributed by atoms with Crippen molar-refractivity contribution in [2.45, 2.75) is 4.34 Å². The van der Waals surface area contributed by atoms with Gasteiger partial charge >= 0.3 is 0 Å². The number of thioether (sulfide) groups is 1. The van der Waals surface area contributed by atoms with Crippen molar-refractivity contribution in [3.05, 3.63) is 35.3 Å². The number of hydrogen-bond acceptors (Lipinski definition) is 7. The summed E-state index contributed by atoms with van der Waals surface area (Å²) in [6.45, 7) is 1.40. The van der Waals surface area contributed by atoms with Crippen molar-refractivity contribution in [3.8, 4) is 0 Å². The lowest BCUT2D eigenvalue weighted by Gasteiger charge is -2.09. The van der Waals surface area contributed by atoms with E-state index in [0.29, 0.717) is 16.6 Å². The zero-order valence-electron chi connectivity index (χ0n) is 13.5. The molecule has 0 saturated heterocycles. The van der Waals surface area contributed by atoms with Crippen molar-refractivity contribution < 1.29 is 9.59 Å². The minimum Gasteiger partial charge on any atom is -0.354 e. The second-order valence-corrected chi connectivity index (χ2v) is 7.34. The largest absolute Gasteiger partial charge is 0.354 e. The fourth-order valence-corrected chi connectivity index (χ4v) is 3.24. The van der Waals surface area contributed by atoms with E-state index in [-0.39, 0.29) is 22.6 Å². The number of aromatic nitrogens is 2. The van der Waals surface area contributed by atoms with Gasteiger partial charge in [-0.2, -0.15) is 0 Å². The van der Waals surface area contributed by atoms with Crippen molar-refractivity contribution in [1.29, 1.82) is 0 Å². The van der Waals surface area contributed by atoms with Crippen LogP contribution in [-0.4, -0.2) is 59.8 Å². The summed E-state index contributed by atoms with van der Waals surface area (Å²) in [5.74, 6) is -0.115. The van der Waals surface area contributed by atoms with Gasteiger partial charge in [-0.3, -0.25) is 9.59 Å². The van der Waals surface area contributed by atoms with E-state index in [1.54, 1.807) is 12.1 Å². The van der Waals surface area contributed by atoms with Crippen molar-refractivity contribution in [3.63, 3.8) is 0 Å². The van der Waals surface area contributed by atoms with Gasteiger partial charge in [-0.1, -0.05) is 41.3 Å². The number of benzene rings is 1. The molecule has 2 N–H and O–H groups in total. The molecule has 0 radical (unpaired) electrons. The third-order valence-corrected chi connectivity index (χ3v) is 4.90. The molecule has 0 aliphatic rings. The molecule has 128 valence electrons. The molecule has 2 rings (SSSR count). The number of nitrogens with one attached hydrogen (secondary N) is 2. The van der Waals surface area contributed by atoms with Crippen LogP contribution < -0.4 is 10.6 Å². The van der Waals surface area contributed by atoms with Crippen LogP contribution in [0.5, 0.6) is 0 Å². The molecule has 0 spiro atoms. The van der Waals surface area contributed by atoms with Crippen molar-refractivity contribution in [2.24, 2.45) is 0 Å². The molecule has 0 saturated carbocycles. The van der Waals surface area contributed by atoms with E-state index in [4.69, 9.17) is 0 Å². The number of hydrogen-bond donors (Lipinski definition) is 2. The highest BCUT2D eigenvalue weighted by Gasteiger charge is 2.14. The molecular weight excluding hydrogens is 346 g/mol. The maximum absolute atomic E-state index is 12.1. The fraction of sp³-hybridized carbons (Fsp3) is 0.333. The maximum atomic E-state index is 12.1. The van der Waals surface area contributed by atoms with Crippen LogP contribution in [0.1, 0.15) is 9.80 Å². The lowest BCUT2D eigenvalue weighted by molar-refractivity contribution is -0.118. The van der Waals surface area contributed by atoms with Gasteiger partial charge in [-0.25, -0.2) is 0 Å². The molecule has 9 heteroatoms. The average molecular weight is 365 g/mol. The molecular formula is C15H19N5O2S2. The summed E-state index contributed by atoms with van der Waals surface area (Å²) in [6.07, 6.45) is 0. The van der Waals surface area contributed by atoms with Gasteiger partial charge in [0.1, 0.15) is 0 Å². The van der Waals surface area contributed by atoms with E-state index in [0.717, 1.165) is 6.54 Å². The van der Waals surface area contributed by atoms with Gasteiger partial charge in [0.2, 0.25) is 10.9 Å². The number of amides is 2. The summed E-state index contributed by atoms with van der Waals surface area (Å²) in [4.78, 5) is 25.8. The number of carbonyl (C=O) groups excluding carboxylic acids is 2. The van der Waals surface area contributed by atoms with Crippen LogP contribution in [-0.2, 0) is 4.79 Å². The van der Waals surface area contributed by atoms with E-state index in [9.17, 15) is 9.59 Å². The molecule has 0 aliphatic carbocycles. The quantitative estimate of drug-likeness (QED) is 0.691. The molecule has 0 atom stereocenters. The van der Waals surface area contributed by atoms with Crippen molar-refractivity contribution >= 4 is 40.6 Å². The monoisotopic (exact) mass is 365 g/mol. The van der Waals surface area contributed by atoms with Gasteiger partial charge in [-0.15, -0.1) is 10.2 Å². The Bertz CT molecular complexity index is 676. The van der Waals surface area contributed by atoms with E-state index in [2.05, 4.69) is 20.8 Å². The summed E-state index contributed by atoms with van der Waals surface area (Å²) < 4.78 is 0.593. The molecule has 24 heavy (non-hydrogen) atoms. The predicted molar refractivity (Wildman–Crippen MR) is 96.6 cm³/mol. The SMILES string of the molecule is CN(C)CCNC(=O)CSc1nnc(C(=O)Nc2ccccc2)s1. The molecule has 0 fully saturated rings. The third-order valence-electron chi connectivity index (χ3n) is 2.84. The molecule has 0 aliphatic heterocycles. The number of nitrogens with zero attached hydrogens (tertiary/aromatic N) is 3. The second kappa shape index (κ2) is 9.36. The number of anilines is 1. The van der Waals surface area contributed by atoms with Crippen LogP contribution in [0.25, 0.3) is 0 Å². The standard InChI is InChI=1S/C15H19N5O2S2/c1-20(2)9-8-16-12(21)10-23-15-19-18-14(24-15)13(22)17-11-6-4-3-5-7-11/h3-7H,8-10H2,1-2H3,(H,16,21)(H,17,22). The summed E-state index contributed by atoms with van der Waals surface area (Å²) in [6, 6.07) is 9.15. The molecule has 0 unspecified atom stereocenters. The summed E-state index contributed by atoms with van der Waals surface area (Å²) in [7, 11) is 3.90. The lowest BCUT2D eigenvalue weighted by Crippen LogP contribution is -2.32. The Kier molecular flexibility index (Phi) is 7.16. The zero-order chi connectivity index (χ0) is 17.4. The Labute approximate surface area is 148 Å². The molecule has 1 aromatic heterocycles. The summed E-state index contributed by atoms with van der Waals surface area (Å²) >= 11 is 2.44. The van der Waals surface area contributed by atoms with Gasteiger partial charge in [-0.05, 0) is 26.2 Å². The lowest BCUT2D eigenvalue weighted by atomic mass is 10.3. The average Bonchev–Trinajstić information content (AvgIpc) is 3.03. The zero-order valence-corrected chi connectivity index (χ0v) is 15.1. The molecule has 1 aromatic carbocycles. The van der Waals surface area contributed by atoms with Crippen LogP contribution >= 0.6 is 23.1 Å². The minimum absolute atomic E-state index is 0.0627. The first-order chi connectivity index (χ1) is 11.5. The van der Waals surface area contributed by atoms with E-state index in [1.165, 1.54) is 23.1 Å². The van der Waals surface area contributed by atoms with E-state index in [1.807, 2.05) is 37.2 Å². The van der Waals surface area contributed by atoms with Gasteiger partial charge in [0.05, 0.1) is 5.75 Å². The van der Waals surface area contributed by atoms with Crippen molar-refractivity contribution in [2.75, 3.05) is 38.3 Å². The smallest absolute Gasteiger partial charge is 0.286 e. The topological polar surface area (TPSA) is 87.2 Å². The van der Waals surface area contributed by atoms with E-state index >= 15 is 0 Å². The minimum atomic E-state index is -0.305. The predicted octanol–water partition coefficient (Wildman–Crippen LogP) is 1.56. The summed E-state index contributed by atoms with van der Waals surface area (Å²) in [5, 5.41) is 13.7. The highest BCUT2D eigenvalue weighted by Crippen LogP contribution is 2.22. The van der Waals surface area contributed by atoms with Gasteiger partial charge in [0, 0.05) is 18.8 Å². The Hall–Kier alpha value is -1.97. The molecule has 2 amide bonds. The maximum Gasteiger partial charge on any atom is 0.286 e. The van der Waals surface area contributed by atoms with Gasteiger partial charge in [0.15, 0.2) is 4.34 Å². The molecule has 1 heterocycles. The van der Waals surface area contributed by atoms with Crippen LogP contribution in [0.3, 0.4) is 0 Å². The van der Waals surface area contributed by atoms with Crippen LogP contribution in [0, 0.1) is 0 Å². The van der Waals surface area contributed by atoms with Crippen LogP contribution in [0.2, 0.25) is 0 Å². The highest BCUT2D eigenvalue weighted by molar-refractivity contribution is 8.01. The van der Waals surface area contributed by atoms with Crippen LogP contribution in [0.15, 0.2) is 34.7 Å². The Balaban J connectivity index is 1.78. The first-order valence-electron chi connectivity index (χ1n) is 7.28.